The van der Waals surface area contributed by atoms with Gasteiger partial charge < -0.3 is 5.11 Å². The van der Waals surface area contributed by atoms with E-state index in [4.69, 9.17) is 5.11 Å². The summed E-state index contributed by atoms with van der Waals surface area (Å²) < 4.78 is 0. The van der Waals surface area contributed by atoms with Gasteiger partial charge in [0.05, 0.1) is 6.10 Å². The number of hydrogen-bond donors (Lipinski definition) is 1. The van der Waals surface area contributed by atoms with E-state index in [0.29, 0.717) is 0 Å². The van der Waals surface area contributed by atoms with Crippen LogP contribution in [0.1, 0.15) is 13.8 Å². The van der Waals surface area contributed by atoms with Crippen LogP contribution in [-0.4, -0.2) is 11.2 Å². The maximum absolute atomic E-state index is 8.75. The molecule has 1 nitrogen and oxygen atoms in total. The van der Waals surface area contributed by atoms with Gasteiger partial charge in [0.25, 0.3) is 0 Å². The van der Waals surface area contributed by atoms with Crippen LogP contribution in [0.15, 0.2) is 24.3 Å². The van der Waals surface area contributed by atoms with Crippen LogP contribution >= 0.6 is 0 Å². The van der Waals surface area contributed by atoms with Gasteiger partial charge in [-0.2, -0.15) is 0 Å². The predicted molar refractivity (Wildman–Crippen MR) is 43.4 cm³/mol. The molecule has 54 valence electrons. The molecule has 0 amide bonds. The van der Waals surface area contributed by atoms with Crippen molar-refractivity contribution in [2.45, 2.75) is 20.0 Å². The standard InChI is InChI=1S/C9H12O/c1-3-4-5-6-7-8-9(2)10/h5-10H,1-2H3. The molecule has 10 heavy (non-hydrogen) atoms. The van der Waals surface area contributed by atoms with E-state index in [9.17, 15) is 0 Å². The van der Waals surface area contributed by atoms with Crippen molar-refractivity contribution in [3.63, 3.8) is 0 Å². The zero-order chi connectivity index (χ0) is 7.82. The van der Waals surface area contributed by atoms with Crippen LogP contribution in [0.2, 0.25) is 0 Å². The summed E-state index contributed by atoms with van der Waals surface area (Å²) in [6.45, 7) is 3.48. The molecule has 0 aromatic carbocycles. The fourth-order valence-electron chi connectivity index (χ4n) is 0.412. The van der Waals surface area contributed by atoms with E-state index in [1.807, 2.05) is 0 Å². The smallest absolute Gasteiger partial charge is 0.0695 e. The maximum Gasteiger partial charge on any atom is 0.0695 e. The van der Waals surface area contributed by atoms with Crippen molar-refractivity contribution in [2.75, 3.05) is 0 Å². The highest BCUT2D eigenvalue weighted by Crippen LogP contribution is 1.82. The van der Waals surface area contributed by atoms with Gasteiger partial charge in [0, 0.05) is 0 Å². The van der Waals surface area contributed by atoms with Crippen molar-refractivity contribution in [2.24, 2.45) is 0 Å². The van der Waals surface area contributed by atoms with Crippen LogP contribution in [0.25, 0.3) is 0 Å². The molecule has 0 saturated carbocycles. The third kappa shape index (κ3) is 7.00. The molecule has 0 aromatic heterocycles. The van der Waals surface area contributed by atoms with Crippen LogP contribution in [0.5, 0.6) is 0 Å². The Labute approximate surface area is 62.1 Å². The number of hydrogen-bond acceptors (Lipinski definition) is 1. The van der Waals surface area contributed by atoms with Crippen LogP contribution in [-0.2, 0) is 0 Å². The average molecular weight is 136 g/mol. The van der Waals surface area contributed by atoms with Gasteiger partial charge in [-0.05, 0) is 19.9 Å². The summed E-state index contributed by atoms with van der Waals surface area (Å²) in [6.07, 6.45) is 6.62. The zero-order valence-corrected chi connectivity index (χ0v) is 6.33. The van der Waals surface area contributed by atoms with E-state index < -0.39 is 0 Å². The van der Waals surface area contributed by atoms with E-state index in [-0.39, 0.29) is 6.10 Å². The summed E-state index contributed by atoms with van der Waals surface area (Å²) >= 11 is 0. The minimum Gasteiger partial charge on any atom is -0.389 e. The lowest BCUT2D eigenvalue weighted by Gasteiger charge is -1.88. The average Bonchev–Trinajstić information content (AvgIpc) is 1.87. The Morgan fingerprint density at radius 3 is 2.60 bits per heavy atom. The van der Waals surface area contributed by atoms with Gasteiger partial charge in [-0.3, -0.25) is 0 Å². The Hall–Kier alpha value is -1.00. The molecule has 1 atom stereocenters. The third-order valence-corrected chi connectivity index (χ3v) is 0.825. The molecule has 1 heteroatoms. The molecule has 0 heterocycles. The van der Waals surface area contributed by atoms with Gasteiger partial charge in [-0.25, -0.2) is 0 Å². The highest BCUT2D eigenvalue weighted by molar-refractivity contribution is 5.18. The van der Waals surface area contributed by atoms with Gasteiger partial charge in [0.1, 0.15) is 0 Å². The highest BCUT2D eigenvalue weighted by atomic mass is 16.3. The second-order valence-corrected chi connectivity index (χ2v) is 1.88. The van der Waals surface area contributed by atoms with E-state index >= 15 is 0 Å². The summed E-state index contributed by atoms with van der Waals surface area (Å²) in [7, 11) is 0. The Kier molecular flexibility index (Phi) is 5.51. The summed E-state index contributed by atoms with van der Waals surface area (Å²) in [4.78, 5) is 0. The van der Waals surface area contributed by atoms with E-state index in [2.05, 4.69) is 11.8 Å². The number of aliphatic hydroxyl groups excluding tert-OH is 1. The Morgan fingerprint density at radius 2 is 2.10 bits per heavy atom. The molecule has 0 fully saturated rings. The van der Waals surface area contributed by atoms with Crippen molar-refractivity contribution in [1.29, 1.82) is 0 Å². The quantitative estimate of drug-likeness (QED) is 0.450. The first-order valence-corrected chi connectivity index (χ1v) is 3.21. The Bertz CT molecular complexity index is 177. The lowest BCUT2D eigenvalue weighted by molar-refractivity contribution is 0.244. The summed E-state index contributed by atoms with van der Waals surface area (Å²) in [5.74, 6) is 5.48. The van der Waals surface area contributed by atoms with E-state index in [1.165, 1.54) is 0 Å². The third-order valence-electron chi connectivity index (χ3n) is 0.825. The molecule has 0 aliphatic heterocycles. The Morgan fingerprint density at radius 1 is 1.40 bits per heavy atom. The second kappa shape index (κ2) is 6.12. The molecule has 0 rings (SSSR count). The largest absolute Gasteiger partial charge is 0.389 e. The number of allylic oxidation sites excluding steroid dienone is 3. The zero-order valence-electron chi connectivity index (χ0n) is 6.33. The molecule has 1 unspecified atom stereocenters. The normalized spacial score (nSPS) is 13.5. The summed E-state index contributed by atoms with van der Waals surface area (Å²) in [5.41, 5.74) is 0. The lowest BCUT2D eigenvalue weighted by atomic mass is 10.3. The first kappa shape index (κ1) is 9.00. The molecular formula is C9H12O. The first-order chi connectivity index (χ1) is 4.77. The van der Waals surface area contributed by atoms with Crippen LogP contribution < -0.4 is 0 Å². The predicted octanol–water partition coefficient (Wildman–Crippen LogP) is 1.50. The maximum atomic E-state index is 8.75. The van der Waals surface area contributed by atoms with Gasteiger partial charge >= 0.3 is 0 Å². The molecule has 0 aliphatic rings. The molecule has 0 bridgehead atoms. The molecule has 0 spiro atoms. The van der Waals surface area contributed by atoms with Crippen molar-refractivity contribution in [3.05, 3.63) is 24.3 Å². The second-order valence-electron chi connectivity index (χ2n) is 1.88. The summed E-state index contributed by atoms with van der Waals surface area (Å²) in [5, 5.41) is 8.75. The van der Waals surface area contributed by atoms with Gasteiger partial charge in [0.2, 0.25) is 0 Å². The molecule has 0 saturated heterocycles. The van der Waals surface area contributed by atoms with E-state index in [0.717, 1.165) is 0 Å². The Balaban J connectivity index is 3.58. The van der Waals surface area contributed by atoms with Crippen LogP contribution in [0, 0.1) is 11.8 Å². The number of rotatable bonds is 2. The lowest BCUT2D eigenvalue weighted by Crippen LogP contribution is -1.90. The van der Waals surface area contributed by atoms with Gasteiger partial charge in [-0.15, -0.1) is 5.92 Å². The highest BCUT2D eigenvalue weighted by Gasteiger charge is 1.79. The molecule has 0 aromatic rings. The van der Waals surface area contributed by atoms with Crippen molar-refractivity contribution < 1.29 is 5.11 Å². The van der Waals surface area contributed by atoms with Crippen molar-refractivity contribution >= 4 is 0 Å². The molecule has 1 N–H and O–H groups in total. The fraction of sp³-hybridized carbons (Fsp3) is 0.333. The van der Waals surface area contributed by atoms with Crippen LogP contribution in [0.4, 0.5) is 0 Å². The summed E-state index contributed by atoms with van der Waals surface area (Å²) in [6, 6.07) is 0. The SMILES string of the molecule is CC#CC=CC=CC(C)O. The number of aliphatic hydroxyl groups is 1. The monoisotopic (exact) mass is 136 g/mol. The van der Waals surface area contributed by atoms with Crippen molar-refractivity contribution in [1.82, 2.24) is 0 Å². The topological polar surface area (TPSA) is 20.2 Å². The van der Waals surface area contributed by atoms with Crippen LogP contribution in [0.3, 0.4) is 0 Å². The molecular weight excluding hydrogens is 124 g/mol. The van der Waals surface area contributed by atoms with Gasteiger partial charge in [-0.1, -0.05) is 24.1 Å². The minimum absolute atomic E-state index is 0.376. The van der Waals surface area contributed by atoms with Gasteiger partial charge in [0.15, 0.2) is 0 Å². The van der Waals surface area contributed by atoms with E-state index in [1.54, 1.807) is 38.2 Å². The minimum atomic E-state index is -0.376. The molecule has 0 radical (unpaired) electrons. The fourth-order valence-corrected chi connectivity index (χ4v) is 0.412. The first-order valence-electron chi connectivity index (χ1n) is 3.21. The van der Waals surface area contributed by atoms with Crippen molar-refractivity contribution in [3.8, 4) is 11.8 Å². The molecule has 0 aliphatic carbocycles.